The normalized spacial score (nSPS) is 11.6. The summed E-state index contributed by atoms with van der Waals surface area (Å²) in [5.74, 6) is 1.36. The Hall–Kier alpha value is -4.54. The van der Waals surface area contributed by atoms with Crippen molar-refractivity contribution in [3.8, 4) is 24.7 Å². The summed E-state index contributed by atoms with van der Waals surface area (Å²) in [5, 5.41) is 2.92. The Morgan fingerprint density at radius 2 is 1.35 bits per heavy atom. The maximum Gasteiger partial charge on any atom is 0.363 e. The number of hydrogen-bond donors (Lipinski definition) is 2. The van der Waals surface area contributed by atoms with Gasteiger partial charge in [0.05, 0.1) is 18.7 Å². The van der Waals surface area contributed by atoms with E-state index in [2.05, 4.69) is 28.4 Å². The lowest BCUT2D eigenvalue weighted by Gasteiger charge is -2.12. The van der Waals surface area contributed by atoms with Crippen molar-refractivity contribution in [2.24, 2.45) is 5.73 Å². The molecule has 0 spiro atoms. The quantitative estimate of drug-likeness (QED) is 0.523. The van der Waals surface area contributed by atoms with Gasteiger partial charge in [-0.25, -0.2) is 13.6 Å². The molecule has 10 heteroatoms. The molecule has 1 fully saturated rings. The summed E-state index contributed by atoms with van der Waals surface area (Å²) < 4.78 is 25.0. The molecule has 34 heavy (non-hydrogen) atoms. The van der Waals surface area contributed by atoms with Crippen molar-refractivity contribution in [3.63, 3.8) is 0 Å². The fraction of sp³-hybridized carbons (Fsp3) is 0.167. The van der Waals surface area contributed by atoms with Gasteiger partial charge in [-0.15, -0.1) is 17.9 Å². The number of rotatable bonds is 4. The van der Waals surface area contributed by atoms with Gasteiger partial charge in [-0.05, 0) is 48.5 Å². The van der Waals surface area contributed by atoms with E-state index in [0.717, 1.165) is 12.1 Å². The largest absolute Gasteiger partial charge is 0.363 e. The second kappa shape index (κ2) is 14.5. The lowest BCUT2D eigenvalue weighted by atomic mass is 10.2. The first kappa shape index (κ1) is 27.5. The van der Waals surface area contributed by atoms with Gasteiger partial charge < -0.3 is 15.9 Å². The molecule has 2 aromatic rings. The van der Waals surface area contributed by atoms with Crippen LogP contribution >= 0.6 is 0 Å². The van der Waals surface area contributed by atoms with Crippen LogP contribution in [0.3, 0.4) is 0 Å². The maximum atomic E-state index is 12.6. The number of nitrogens with one attached hydrogen (secondary N) is 1. The summed E-state index contributed by atoms with van der Waals surface area (Å²) in [7, 11) is 0. The standard InChI is InChI=1S/C11H8FNO4.C10H8FNO.C3H5N/c12-8-3-1-7(2-4-8)11(16)17-13-9(14)5-6-10(13)15;1-2-7-12-10(13)8-3-5-9(11)6-4-8;1-2-3-4/h1-4H,5-6H2;1,3-6H,7H2,(H,12,13);1H,3-4H2/i12-1;11-1;. The molecule has 3 rings (SSSR count). The molecule has 0 radical (unpaired) electrons. The zero-order valence-electron chi connectivity index (χ0n) is 17.9. The Bertz CT molecular complexity index is 1070. The van der Waals surface area contributed by atoms with E-state index >= 15 is 0 Å². The third-order valence-electron chi connectivity index (χ3n) is 3.84. The highest BCUT2D eigenvalue weighted by molar-refractivity contribution is 6.02. The van der Waals surface area contributed by atoms with Crippen LogP contribution in [0.5, 0.6) is 0 Å². The third-order valence-corrected chi connectivity index (χ3v) is 3.84. The van der Waals surface area contributed by atoms with E-state index < -0.39 is 23.6 Å². The molecule has 2 aromatic carbocycles. The Labute approximate surface area is 195 Å². The van der Waals surface area contributed by atoms with Gasteiger partial charge in [-0.3, -0.25) is 14.4 Å². The summed E-state index contributed by atoms with van der Waals surface area (Å²) >= 11 is 0. The van der Waals surface area contributed by atoms with Crippen molar-refractivity contribution >= 4 is 23.7 Å². The van der Waals surface area contributed by atoms with E-state index in [1.54, 1.807) is 0 Å². The van der Waals surface area contributed by atoms with Crippen LogP contribution < -0.4 is 11.1 Å². The lowest BCUT2D eigenvalue weighted by molar-refractivity contribution is -0.172. The van der Waals surface area contributed by atoms with Crippen molar-refractivity contribution in [1.82, 2.24) is 10.4 Å². The SMILES string of the molecule is C#CCN.C#CCNC(=O)c1ccc([18F])cc1.O=C(ON1C(=O)CCC1=O)c1ccc([18F])cc1. The Balaban J connectivity index is 0.000000302. The summed E-state index contributed by atoms with van der Waals surface area (Å²) in [5.41, 5.74) is 5.26. The second-order valence-corrected chi connectivity index (χ2v) is 6.27. The van der Waals surface area contributed by atoms with Crippen molar-refractivity contribution in [2.45, 2.75) is 12.8 Å². The van der Waals surface area contributed by atoms with Crippen LogP contribution in [0.15, 0.2) is 48.5 Å². The smallest absolute Gasteiger partial charge is 0.341 e. The van der Waals surface area contributed by atoms with E-state index in [1.165, 1.54) is 36.4 Å². The number of amides is 3. The predicted octanol–water partition coefficient (Wildman–Crippen LogP) is 1.81. The van der Waals surface area contributed by atoms with Crippen LogP contribution in [-0.2, 0) is 14.4 Å². The first-order chi connectivity index (χ1) is 16.2. The van der Waals surface area contributed by atoms with Crippen LogP contribution in [-0.4, -0.2) is 41.8 Å². The highest BCUT2D eigenvalue weighted by Gasteiger charge is 2.33. The highest BCUT2D eigenvalue weighted by atomic mass is 18.2. The highest BCUT2D eigenvalue weighted by Crippen LogP contribution is 2.14. The molecule has 0 aliphatic carbocycles. The number of benzene rings is 2. The van der Waals surface area contributed by atoms with Crippen LogP contribution in [0.25, 0.3) is 0 Å². The topological polar surface area (TPSA) is 119 Å². The fourth-order valence-corrected chi connectivity index (χ4v) is 2.21. The van der Waals surface area contributed by atoms with Crippen LogP contribution in [0.1, 0.15) is 33.6 Å². The molecule has 1 aliphatic rings. The van der Waals surface area contributed by atoms with Gasteiger partial charge in [0, 0.05) is 18.4 Å². The molecule has 3 amide bonds. The van der Waals surface area contributed by atoms with Gasteiger partial charge in [-0.2, -0.15) is 0 Å². The Kier molecular flexibility index (Phi) is 11.7. The number of terminal acetylenes is 2. The van der Waals surface area contributed by atoms with E-state index in [1.807, 2.05) is 0 Å². The molecule has 3 N–H and O–H groups in total. The minimum absolute atomic E-state index is 0.0372. The summed E-state index contributed by atoms with van der Waals surface area (Å²) in [6, 6.07) is 9.86. The molecule has 1 aliphatic heterocycles. The fourth-order valence-electron chi connectivity index (χ4n) is 2.21. The Morgan fingerprint density at radius 3 is 1.76 bits per heavy atom. The molecule has 0 bridgehead atoms. The van der Waals surface area contributed by atoms with E-state index in [9.17, 15) is 28.0 Å². The zero-order chi connectivity index (χ0) is 25.5. The molecule has 1 heterocycles. The summed E-state index contributed by atoms with van der Waals surface area (Å²) in [6.07, 6.45) is 9.68. The summed E-state index contributed by atoms with van der Waals surface area (Å²) in [4.78, 5) is 49.7. The third kappa shape index (κ3) is 9.30. The molecule has 8 nitrogen and oxygen atoms in total. The van der Waals surface area contributed by atoms with Crippen molar-refractivity contribution in [1.29, 1.82) is 0 Å². The van der Waals surface area contributed by atoms with E-state index in [-0.39, 0.29) is 36.7 Å². The second-order valence-electron chi connectivity index (χ2n) is 6.27. The molecular weight excluding hydrogens is 446 g/mol. The number of nitrogens with zero attached hydrogens (tertiary/aromatic N) is 1. The average Bonchev–Trinajstić information content (AvgIpc) is 3.16. The van der Waals surface area contributed by atoms with Gasteiger partial charge in [-0.1, -0.05) is 11.8 Å². The van der Waals surface area contributed by atoms with Gasteiger partial charge in [0.15, 0.2) is 0 Å². The van der Waals surface area contributed by atoms with E-state index in [0.29, 0.717) is 17.2 Å². The lowest BCUT2D eigenvalue weighted by Crippen LogP contribution is -2.32. The Morgan fingerprint density at radius 1 is 0.912 bits per heavy atom. The minimum atomic E-state index is -0.867. The number of imide groups is 1. The molecular formula is C24H21F2N3O5. The number of carbonyl (C=O) groups is 4. The van der Waals surface area contributed by atoms with Crippen molar-refractivity contribution < 1.29 is 32.8 Å². The van der Waals surface area contributed by atoms with Gasteiger partial charge >= 0.3 is 5.97 Å². The molecule has 0 saturated carbocycles. The predicted molar refractivity (Wildman–Crippen MR) is 118 cm³/mol. The monoisotopic (exact) mass is 467 g/mol. The molecule has 176 valence electrons. The zero-order valence-corrected chi connectivity index (χ0v) is 17.9. The minimum Gasteiger partial charge on any atom is -0.341 e. The summed E-state index contributed by atoms with van der Waals surface area (Å²) in [6.45, 7) is 0.524. The van der Waals surface area contributed by atoms with E-state index in [4.69, 9.17) is 12.2 Å². The number of nitrogens with two attached hydrogens (primary N) is 1. The number of carbonyl (C=O) groups excluding carboxylic acids is 4. The van der Waals surface area contributed by atoms with Crippen molar-refractivity contribution in [2.75, 3.05) is 13.1 Å². The van der Waals surface area contributed by atoms with Gasteiger partial charge in [0.25, 0.3) is 17.7 Å². The molecule has 1 saturated heterocycles. The number of hydrogen-bond acceptors (Lipinski definition) is 6. The van der Waals surface area contributed by atoms with Gasteiger partial charge in [0.1, 0.15) is 11.6 Å². The van der Waals surface area contributed by atoms with Crippen LogP contribution in [0.2, 0.25) is 0 Å². The van der Waals surface area contributed by atoms with Crippen LogP contribution in [0, 0.1) is 36.3 Å². The average molecular weight is 467 g/mol. The molecule has 0 aromatic heterocycles. The van der Waals surface area contributed by atoms with Crippen LogP contribution in [0.4, 0.5) is 8.78 Å². The number of hydroxylamine groups is 2. The first-order valence-corrected chi connectivity index (χ1v) is 9.67. The number of halogens is 2. The molecule has 0 unspecified atom stereocenters. The maximum absolute atomic E-state index is 12.6. The molecule has 0 atom stereocenters. The van der Waals surface area contributed by atoms with Gasteiger partial charge in [0.2, 0.25) is 0 Å². The van der Waals surface area contributed by atoms with Crippen molar-refractivity contribution in [3.05, 3.63) is 71.3 Å². The first-order valence-electron chi connectivity index (χ1n) is 9.67.